The van der Waals surface area contributed by atoms with E-state index in [2.05, 4.69) is 31.4 Å². The molecule has 0 atom stereocenters. The van der Waals surface area contributed by atoms with Crippen LogP contribution in [0.1, 0.15) is 24.2 Å². The Morgan fingerprint density at radius 3 is 3.06 bits per heavy atom. The summed E-state index contributed by atoms with van der Waals surface area (Å²) in [5, 5.41) is 7.07. The van der Waals surface area contributed by atoms with Gasteiger partial charge in [0.1, 0.15) is 0 Å². The minimum Gasteiger partial charge on any atom is -0.339 e. The first-order chi connectivity index (χ1) is 8.28. The highest BCUT2D eigenvalue weighted by molar-refractivity contribution is 9.10. The molecule has 0 saturated carbocycles. The number of rotatable bonds is 5. The lowest BCUT2D eigenvalue weighted by atomic mass is 10.1. The second-order valence-corrected chi connectivity index (χ2v) is 4.61. The summed E-state index contributed by atoms with van der Waals surface area (Å²) in [6, 6.07) is 8.08. The van der Waals surface area contributed by atoms with Crippen LogP contribution in [0.15, 0.2) is 33.3 Å². The molecule has 5 heteroatoms. The quantitative estimate of drug-likeness (QED) is 0.921. The molecule has 90 valence electrons. The monoisotopic (exact) mass is 295 g/mol. The lowest BCUT2D eigenvalue weighted by Gasteiger charge is -1.97. The van der Waals surface area contributed by atoms with Gasteiger partial charge >= 0.3 is 0 Å². The second kappa shape index (κ2) is 5.93. The fourth-order valence-corrected chi connectivity index (χ4v) is 1.94. The van der Waals surface area contributed by atoms with Crippen molar-refractivity contribution in [2.75, 3.05) is 6.54 Å². The Balaban J connectivity index is 2.01. The van der Waals surface area contributed by atoms with Gasteiger partial charge in [0.05, 0.1) is 13.0 Å². The maximum absolute atomic E-state index is 5.19. The molecule has 0 aliphatic heterocycles. The van der Waals surface area contributed by atoms with Gasteiger partial charge in [0.25, 0.3) is 0 Å². The first kappa shape index (κ1) is 12.3. The van der Waals surface area contributed by atoms with E-state index in [1.807, 2.05) is 31.2 Å². The molecule has 1 N–H and O–H groups in total. The highest BCUT2D eigenvalue weighted by atomic mass is 79.9. The number of halogens is 1. The van der Waals surface area contributed by atoms with Crippen LogP contribution in [0, 0.1) is 0 Å². The predicted octanol–water partition coefficient (Wildman–Crippen LogP) is 2.53. The highest BCUT2D eigenvalue weighted by Crippen LogP contribution is 2.14. The number of aromatic nitrogens is 2. The number of hydrogen-bond donors (Lipinski definition) is 1. The molecule has 1 aromatic heterocycles. The van der Waals surface area contributed by atoms with Crippen molar-refractivity contribution in [2.45, 2.75) is 19.9 Å². The van der Waals surface area contributed by atoms with Gasteiger partial charge < -0.3 is 9.84 Å². The lowest BCUT2D eigenvalue weighted by molar-refractivity contribution is 0.378. The van der Waals surface area contributed by atoms with Crippen LogP contribution in [0.5, 0.6) is 0 Å². The molecule has 0 radical (unpaired) electrons. The summed E-state index contributed by atoms with van der Waals surface area (Å²) in [5.74, 6) is 1.35. The smallest absolute Gasteiger partial charge is 0.231 e. The molecule has 17 heavy (non-hydrogen) atoms. The van der Waals surface area contributed by atoms with Crippen LogP contribution in [0.3, 0.4) is 0 Å². The van der Waals surface area contributed by atoms with Crippen LogP contribution in [-0.4, -0.2) is 16.7 Å². The van der Waals surface area contributed by atoms with Crippen LogP contribution >= 0.6 is 15.9 Å². The van der Waals surface area contributed by atoms with Gasteiger partial charge in [-0.1, -0.05) is 40.1 Å². The molecule has 0 aliphatic carbocycles. The van der Waals surface area contributed by atoms with Crippen molar-refractivity contribution < 1.29 is 4.52 Å². The standard InChI is InChI=1S/C12H14BrN3O/c1-2-14-8-11-15-12(17-16-11)7-9-4-3-5-10(13)6-9/h3-6,14H,2,7-8H2,1H3. The van der Waals surface area contributed by atoms with E-state index in [4.69, 9.17) is 4.52 Å². The Morgan fingerprint density at radius 1 is 1.41 bits per heavy atom. The molecule has 2 rings (SSSR count). The predicted molar refractivity (Wildman–Crippen MR) is 68.6 cm³/mol. The molecule has 0 amide bonds. The van der Waals surface area contributed by atoms with Crippen LogP contribution in [0.2, 0.25) is 0 Å². The summed E-state index contributed by atoms with van der Waals surface area (Å²) >= 11 is 3.44. The minimum atomic E-state index is 0.649. The molecule has 0 fully saturated rings. The summed E-state index contributed by atoms with van der Waals surface area (Å²) in [4.78, 5) is 4.32. The van der Waals surface area contributed by atoms with Crippen molar-refractivity contribution in [2.24, 2.45) is 0 Å². The summed E-state index contributed by atoms with van der Waals surface area (Å²) in [6.07, 6.45) is 0.665. The van der Waals surface area contributed by atoms with Gasteiger partial charge in [-0.05, 0) is 24.2 Å². The fourth-order valence-electron chi connectivity index (χ4n) is 1.49. The summed E-state index contributed by atoms with van der Waals surface area (Å²) in [5.41, 5.74) is 1.15. The van der Waals surface area contributed by atoms with Crippen LogP contribution in [0.4, 0.5) is 0 Å². The maximum Gasteiger partial charge on any atom is 0.231 e. The SMILES string of the molecule is CCNCc1noc(Cc2cccc(Br)c2)n1. The average Bonchev–Trinajstić information content (AvgIpc) is 2.74. The van der Waals surface area contributed by atoms with E-state index in [0.29, 0.717) is 24.7 Å². The highest BCUT2D eigenvalue weighted by Gasteiger charge is 2.06. The Morgan fingerprint density at radius 2 is 2.29 bits per heavy atom. The minimum absolute atomic E-state index is 0.649. The van der Waals surface area contributed by atoms with Crippen molar-refractivity contribution in [3.63, 3.8) is 0 Å². The summed E-state index contributed by atoms with van der Waals surface area (Å²) < 4.78 is 6.25. The summed E-state index contributed by atoms with van der Waals surface area (Å²) in [6.45, 7) is 3.59. The fraction of sp³-hybridized carbons (Fsp3) is 0.333. The van der Waals surface area contributed by atoms with Crippen LogP contribution in [0.25, 0.3) is 0 Å². The van der Waals surface area contributed by atoms with Crippen LogP contribution < -0.4 is 5.32 Å². The zero-order valence-corrected chi connectivity index (χ0v) is 11.2. The Bertz CT molecular complexity index is 484. The van der Waals surface area contributed by atoms with E-state index in [1.165, 1.54) is 0 Å². The van der Waals surface area contributed by atoms with Crippen molar-refractivity contribution in [3.8, 4) is 0 Å². The van der Waals surface area contributed by atoms with Crippen LogP contribution in [-0.2, 0) is 13.0 Å². The molecule has 1 heterocycles. The van der Waals surface area contributed by atoms with Crippen molar-refractivity contribution in [1.29, 1.82) is 0 Å². The molecule has 4 nitrogen and oxygen atoms in total. The molecule has 0 aliphatic rings. The van der Waals surface area contributed by atoms with Crippen molar-refractivity contribution in [1.82, 2.24) is 15.5 Å². The first-order valence-corrected chi connectivity index (χ1v) is 6.34. The van der Waals surface area contributed by atoms with Crippen molar-refractivity contribution in [3.05, 3.63) is 46.0 Å². The molecule has 0 spiro atoms. The van der Waals surface area contributed by atoms with Crippen molar-refractivity contribution >= 4 is 15.9 Å². The Kier molecular flexibility index (Phi) is 4.28. The molecule has 0 bridgehead atoms. The number of hydrogen-bond acceptors (Lipinski definition) is 4. The van der Waals surface area contributed by atoms with Gasteiger partial charge in [-0.15, -0.1) is 0 Å². The van der Waals surface area contributed by atoms with E-state index in [1.54, 1.807) is 0 Å². The maximum atomic E-state index is 5.19. The molecule has 2 aromatic rings. The van der Waals surface area contributed by atoms with E-state index in [9.17, 15) is 0 Å². The van der Waals surface area contributed by atoms with Gasteiger partial charge in [0, 0.05) is 4.47 Å². The molecular formula is C12H14BrN3O. The van der Waals surface area contributed by atoms with Gasteiger partial charge in [-0.3, -0.25) is 0 Å². The van der Waals surface area contributed by atoms with Gasteiger partial charge in [-0.2, -0.15) is 4.98 Å². The molecule has 0 unspecified atom stereocenters. The lowest BCUT2D eigenvalue weighted by Crippen LogP contribution is -2.12. The third-order valence-electron chi connectivity index (χ3n) is 2.29. The Hall–Kier alpha value is -1.20. The van der Waals surface area contributed by atoms with Gasteiger partial charge in [-0.25, -0.2) is 0 Å². The summed E-state index contributed by atoms with van der Waals surface area (Å²) in [7, 11) is 0. The number of nitrogens with zero attached hydrogens (tertiary/aromatic N) is 2. The second-order valence-electron chi connectivity index (χ2n) is 3.69. The van der Waals surface area contributed by atoms with E-state index in [0.717, 1.165) is 16.6 Å². The van der Waals surface area contributed by atoms with E-state index in [-0.39, 0.29) is 0 Å². The van der Waals surface area contributed by atoms with E-state index >= 15 is 0 Å². The van der Waals surface area contributed by atoms with Gasteiger partial charge in [0.2, 0.25) is 5.89 Å². The topological polar surface area (TPSA) is 51.0 Å². The molecule has 1 aromatic carbocycles. The molecule has 0 saturated heterocycles. The zero-order chi connectivity index (χ0) is 12.1. The third-order valence-corrected chi connectivity index (χ3v) is 2.78. The number of nitrogens with one attached hydrogen (secondary N) is 1. The molecular weight excluding hydrogens is 282 g/mol. The number of benzene rings is 1. The van der Waals surface area contributed by atoms with E-state index < -0.39 is 0 Å². The average molecular weight is 296 g/mol. The van der Waals surface area contributed by atoms with Gasteiger partial charge in [0.15, 0.2) is 5.82 Å². The zero-order valence-electron chi connectivity index (χ0n) is 9.61. The first-order valence-electron chi connectivity index (χ1n) is 5.54. The Labute approximate surface area is 109 Å². The normalized spacial score (nSPS) is 10.7. The largest absolute Gasteiger partial charge is 0.339 e. The third kappa shape index (κ3) is 3.64.